The lowest BCUT2D eigenvalue weighted by Gasteiger charge is -2.09. The highest BCUT2D eigenvalue weighted by molar-refractivity contribution is 7.15. The van der Waals surface area contributed by atoms with E-state index in [1.54, 1.807) is 53.1 Å². The van der Waals surface area contributed by atoms with Crippen molar-refractivity contribution in [2.24, 2.45) is 0 Å². The molecule has 0 aliphatic heterocycles. The first-order valence-electron chi connectivity index (χ1n) is 8.67. The number of aromatic nitrogens is 2. The highest BCUT2D eigenvalue weighted by atomic mass is 35.5. The number of benzene rings is 2. The molecule has 0 spiro atoms. The predicted molar refractivity (Wildman–Crippen MR) is 119 cm³/mol. The minimum Gasteiger partial charge on any atom is -0.285 e. The van der Waals surface area contributed by atoms with Gasteiger partial charge in [0.25, 0.3) is 5.91 Å². The largest absolute Gasteiger partial charge is 0.289 e. The topological polar surface area (TPSA) is 75.5 Å². The molecular formula is C20H13Cl3N4O2S. The molecule has 2 aromatic heterocycles. The van der Waals surface area contributed by atoms with Crippen LogP contribution in [0.5, 0.6) is 0 Å². The number of imidazole rings is 1. The first kappa shape index (κ1) is 20.7. The van der Waals surface area contributed by atoms with Crippen molar-refractivity contribution in [2.75, 3.05) is 0 Å². The number of carbonyl (C=O) groups excluding carboxylic acids is 2. The Balaban J connectivity index is 1.52. The van der Waals surface area contributed by atoms with Gasteiger partial charge in [0.15, 0.2) is 4.96 Å². The second-order valence-corrected chi connectivity index (χ2v) is 8.42. The third-order valence-electron chi connectivity index (χ3n) is 4.26. The molecule has 0 fully saturated rings. The maximum atomic E-state index is 12.9. The van der Waals surface area contributed by atoms with E-state index in [9.17, 15) is 9.59 Å². The number of hydrogen-bond donors (Lipinski definition) is 2. The molecule has 6 nitrogen and oxygen atoms in total. The van der Waals surface area contributed by atoms with Crippen LogP contribution in [-0.2, 0) is 11.2 Å². The molecule has 0 radical (unpaired) electrons. The van der Waals surface area contributed by atoms with Gasteiger partial charge in [0, 0.05) is 22.2 Å². The van der Waals surface area contributed by atoms with Crippen LogP contribution in [0.25, 0.3) is 16.2 Å². The Morgan fingerprint density at radius 2 is 1.77 bits per heavy atom. The summed E-state index contributed by atoms with van der Waals surface area (Å²) in [7, 11) is 0. The third-order valence-corrected chi connectivity index (χ3v) is 6.01. The van der Waals surface area contributed by atoms with E-state index in [0.29, 0.717) is 37.0 Å². The van der Waals surface area contributed by atoms with Crippen LogP contribution in [0.3, 0.4) is 0 Å². The summed E-state index contributed by atoms with van der Waals surface area (Å²) in [5.74, 6) is -0.894. The van der Waals surface area contributed by atoms with E-state index < -0.39 is 11.8 Å². The maximum absolute atomic E-state index is 12.9. The van der Waals surface area contributed by atoms with Crippen LogP contribution in [0.2, 0.25) is 15.1 Å². The fraction of sp³-hybridized carbons (Fsp3) is 0.0500. The zero-order valence-corrected chi connectivity index (χ0v) is 18.2. The summed E-state index contributed by atoms with van der Waals surface area (Å²) in [5, 5.41) is 3.18. The lowest BCUT2D eigenvalue weighted by Crippen LogP contribution is -2.42. The Labute approximate surface area is 190 Å². The normalized spacial score (nSPS) is 10.9. The smallest absolute Gasteiger partial charge is 0.285 e. The molecule has 10 heteroatoms. The fourth-order valence-corrected chi connectivity index (χ4v) is 4.04. The van der Waals surface area contributed by atoms with Gasteiger partial charge in [-0.3, -0.25) is 24.8 Å². The van der Waals surface area contributed by atoms with Gasteiger partial charge in [0.1, 0.15) is 11.4 Å². The second kappa shape index (κ2) is 8.65. The number of hydrogen-bond acceptors (Lipinski definition) is 4. The van der Waals surface area contributed by atoms with Crippen molar-refractivity contribution in [1.29, 1.82) is 0 Å². The summed E-state index contributed by atoms with van der Waals surface area (Å²) in [6, 6.07) is 11.9. The van der Waals surface area contributed by atoms with Crippen molar-refractivity contribution < 1.29 is 9.59 Å². The van der Waals surface area contributed by atoms with Gasteiger partial charge in [-0.1, -0.05) is 53.0 Å². The molecule has 2 heterocycles. The van der Waals surface area contributed by atoms with Crippen molar-refractivity contribution in [1.82, 2.24) is 20.2 Å². The lowest BCUT2D eigenvalue weighted by molar-refractivity contribution is -0.121. The molecule has 2 amide bonds. The van der Waals surface area contributed by atoms with Crippen molar-refractivity contribution in [3.63, 3.8) is 0 Å². The highest BCUT2D eigenvalue weighted by Crippen LogP contribution is 2.27. The van der Waals surface area contributed by atoms with E-state index in [4.69, 9.17) is 34.8 Å². The number of halogens is 3. The monoisotopic (exact) mass is 478 g/mol. The van der Waals surface area contributed by atoms with Crippen molar-refractivity contribution in [2.45, 2.75) is 6.42 Å². The van der Waals surface area contributed by atoms with Gasteiger partial charge < -0.3 is 0 Å². The molecule has 0 unspecified atom stereocenters. The summed E-state index contributed by atoms with van der Waals surface area (Å²) in [6.45, 7) is 0. The SMILES string of the molecule is O=C(Cc1ccc(Cl)c(Cl)c1)NNC(=O)c1c(-c2ccc(Cl)cc2)nc2sccn12. The molecule has 0 atom stereocenters. The number of nitrogens with one attached hydrogen (secondary N) is 2. The van der Waals surface area contributed by atoms with Crippen LogP contribution in [0.4, 0.5) is 0 Å². The molecule has 2 N–H and O–H groups in total. The lowest BCUT2D eigenvalue weighted by atomic mass is 10.1. The highest BCUT2D eigenvalue weighted by Gasteiger charge is 2.22. The Kier molecular flexibility index (Phi) is 5.97. The average molecular weight is 480 g/mol. The van der Waals surface area contributed by atoms with Crippen LogP contribution in [0.15, 0.2) is 54.0 Å². The van der Waals surface area contributed by atoms with Crippen molar-refractivity contribution in [3.8, 4) is 11.3 Å². The van der Waals surface area contributed by atoms with Gasteiger partial charge in [0.2, 0.25) is 5.91 Å². The van der Waals surface area contributed by atoms with Gasteiger partial charge in [-0.2, -0.15) is 0 Å². The molecule has 0 saturated heterocycles. The molecule has 30 heavy (non-hydrogen) atoms. The molecule has 152 valence electrons. The first-order chi connectivity index (χ1) is 14.4. The van der Waals surface area contributed by atoms with Gasteiger partial charge in [-0.05, 0) is 29.8 Å². The molecule has 0 bridgehead atoms. The van der Waals surface area contributed by atoms with Crippen LogP contribution in [-0.4, -0.2) is 21.2 Å². The van der Waals surface area contributed by atoms with Crippen LogP contribution in [0, 0.1) is 0 Å². The van der Waals surface area contributed by atoms with E-state index in [2.05, 4.69) is 15.8 Å². The van der Waals surface area contributed by atoms with E-state index >= 15 is 0 Å². The second-order valence-electron chi connectivity index (χ2n) is 6.30. The Morgan fingerprint density at radius 1 is 1.00 bits per heavy atom. The Morgan fingerprint density at radius 3 is 2.50 bits per heavy atom. The van der Waals surface area contributed by atoms with E-state index in [0.717, 1.165) is 5.56 Å². The number of fused-ring (bicyclic) bond motifs is 1. The molecule has 4 rings (SSSR count). The Hall–Kier alpha value is -2.58. The predicted octanol–water partition coefficient (Wildman–Crippen LogP) is 5.03. The average Bonchev–Trinajstić information content (AvgIpc) is 3.31. The number of amides is 2. The van der Waals surface area contributed by atoms with Gasteiger partial charge >= 0.3 is 0 Å². The van der Waals surface area contributed by atoms with Gasteiger partial charge in [0.05, 0.1) is 16.5 Å². The number of carbonyl (C=O) groups is 2. The standard InChI is InChI=1S/C20H13Cl3N4O2S/c21-13-4-2-12(3-5-13)17-18(27-7-8-30-20(27)24-17)19(29)26-25-16(28)10-11-1-6-14(22)15(23)9-11/h1-9H,10H2,(H,25,28)(H,26,29). The quantitative estimate of drug-likeness (QED) is 0.403. The summed E-state index contributed by atoms with van der Waals surface area (Å²) in [4.78, 5) is 30.3. The summed E-state index contributed by atoms with van der Waals surface area (Å²) in [6.07, 6.45) is 1.78. The minimum atomic E-state index is -0.492. The third kappa shape index (κ3) is 4.29. The summed E-state index contributed by atoms with van der Waals surface area (Å²) >= 11 is 19.2. The first-order valence-corrected chi connectivity index (χ1v) is 10.7. The van der Waals surface area contributed by atoms with E-state index in [1.165, 1.54) is 11.3 Å². The van der Waals surface area contributed by atoms with Crippen molar-refractivity contribution in [3.05, 3.63) is 80.4 Å². The molecule has 0 aliphatic rings. The van der Waals surface area contributed by atoms with Gasteiger partial charge in [-0.25, -0.2) is 4.98 Å². The van der Waals surface area contributed by atoms with Crippen LogP contribution < -0.4 is 10.9 Å². The number of nitrogens with zero attached hydrogens (tertiary/aromatic N) is 2. The van der Waals surface area contributed by atoms with Gasteiger partial charge in [-0.15, -0.1) is 11.3 Å². The fourth-order valence-electron chi connectivity index (χ4n) is 2.88. The van der Waals surface area contributed by atoms with E-state index in [1.807, 2.05) is 5.38 Å². The zero-order valence-electron chi connectivity index (χ0n) is 15.2. The number of thiazole rings is 1. The van der Waals surface area contributed by atoms with E-state index in [-0.39, 0.29) is 6.42 Å². The molecule has 2 aromatic carbocycles. The number of rotatable bonds is 4. The van der Waals surface area contributed by atoms with Crippen LogP contribution >= 0.6 is 46.1 Å². The minimum absolute atomic E-state index is 0.0292. The zero-order chi connectivity index (χ0) is 21.3. The molecule has 0 aliphatic carbocycles. The summed E-state index contributed by atoms with van der Waals surface area (Å²) < 4.78 is 1.68. The molecule has 0 saturated carbocycles. The van der Waals surface area contributed by atoms with Crippen LogP contribution in [0.1, 0.15) is 16.1 Å². The number of hydrazine groups is 1. The Bertz CT molecular complexity index is 1250. The summed E-state index contributed by atoms with van der Waals surface area (Å²) in [5.41, 5.74) is 7.09. The molecule has 4 aromatic rings. The molecular weight excluding hydrogens is 467 g/mol. The van der Waals surface area contributed by atoms with Crippen molar-refractivity contribution >= 4 is 62.9 Å². The maximum Gasteiger partial charge on any atom is 0.289 e.